The molecule has 0 radical (unpaired) electrons. The molecule has 3 nitrogen and oxygen atoms in total. The normalized spacial score (nSPS) is 11.2. The lowest BCUT2D eigenvalue weighted by Crippen LogP contribution is -1.97. The monoisotopic (exact) mass is 273 g/mol. The van der Waals surface area contributed by atoms with Gasteiger partial charge in [-0.05, 0) is 29.8 Å². The van der Waals surface area contributed by atoms with Gasteiger partial charge < -0.3 is 10.3 Å². The van der Waals surface area contributed by atoms with Crippen LogP contribution in [0.15, 0.2) is 36.4 Å². The maximum Gasteiger partial charge on any atom is 0.141 e. The van der Waals surface area contributed by atoms with Crippen LogP contribution < -0.4 is 5.73 Å². The van der Waals surface area contributed by atoms with Crippen LogP contribution in [0, 0.1) is 11.6 Å². The molecule has 0 amide bonds. The second-order valence-corrected chi connectivity index (χ2v) is 4.68. The molecular weight excluding hydrogens is 260 g/mol. The van der Waals surface area contributed by atoms with E-state index in [9.17, 15) is 8.78 Å². The van der Waals surface area contributed by atoms with E-state index in [1.54, 1.807) is 0 Å². The van der Waals surface area contributed by atoms with E-state index in [2.05, 4.69) is 4.98 Å². The molecule has 0 aliphatic heterocycles. The van der Waals surface area contributed by atoms with Gasteiger partial charge in [0, 0.05) is 25.2 Å². The van der Waals surface area contributed by atoms with Gasteiger partial charge in [-0.15, -0.1) is 0 Å². The summed E-state index contributed by atoms with van der Waals surface area (Å²) in [5.74, 6) is -0.711. The van der Waals surface area contributed by atoms with Gasteiger partial charge >= 0.3 is 0 Å². The van der Waals surface area contributed by atoms with Crippen LogP contribution in [-0.2, 0) is 13.6 Å². The van der Waals surface area contributed by atoms with Gasteiger partial charge in [0.1, 0.15) is 17.5 Å². The molecule has 0 unspecified atom stereocenters. The number of rotatable bonds is 2. The topological polar surface area (TPSA) is 43.8 Å². The Morgan fingerprint density at radius 3 is 2.45 bits per heavy atom. The largest absolute Gasteiger partial charge is 0.327 e. The predicted molar refractivity (Wildman–Crippen MR) is 74.0 cm³/mol. The van der Waals surface area contributed by atoms with Crippen molar-refractivity contribution >= 4 is 11.0 Å². The highest BCUT2D eigenvalue weighted by atomic mass is 19.1. The number of hydrogen-bond donors (Lipinski definition) is 1. The molecule has 3 aromatic rings. The summed E-state index contributed by atoms with van der Waals surface area (Å²) >= 11 is 0. The Morgan fingerprint density at radius 1 is 1.10 bits per heavy atom. The third-order valence-corrected chi connectivity index (χ3v) is 3.30. The molecule has 0 saturated carbocycles. The van der Waals surface area contributed by atoms with Crippen LogP contribution in [0.1, 0.15) is 5.56 Å². The Labute approximate surface area is 114 Å². The minimum Gasteiger partial charge on any atom is -0.327 e. The van der Waals surface area contributed by atoms with E-state index in [-0.39, 0.29) is 0 Å². The fourth-order valence-corrected chi connectivity index (χ4v) is 2.30. The molecule has 20 heavy (non-hydrogen) atoms. The molecular formula is C15H13F2N3. The van der Waals surface area contributed by atoms with Crippen molar-refractivity contribution in [2.24, 2.45) is 12.8 Å². The van der Waals surface area contributed by atoms with E-state index in [0.29, 0.717) is 17.9 Å². The number of aryl methyl sites for hydroxylation is 1. The van der Waals surface area contributed by atoms with E-state index >= 15 is 0 Å². The molecule has 2 aromatic carbocycles. The summed E-state index contributed by atoms with van der Waals surface area (Å²) < 4.78 is 28.5. The Hall–Kier alpha value is -2.27. The number of nitrogens with zero attached hydrogens (tertiary/aromatic N) is 2. The van der Waals surface area contributed by atoms with Crippen LogP contribution in [0.4, 0.5) is 8.78 Å². The Balaban J connectivity index is 2.23. The van der Waals surface area contributed by atoms with Gasteiger partial charge in [-0.1, -0.05) is 6.07 Å². The van der Waals surface area contributed by atoms with Gasteiger partial charge in [-0.2, -0.15) is 0 Å². The van der Waals surface area contributed by atoms with Crippen molar-refractivity contribution in [2.75, 3.05) is 0 Å². The summed E-state index contributed by atoms with van der Waals surface area (Å²) in [6, 6.07) is 9.07. The highest BCUT2D eigenvalue weighted by molar-refractivity contribution is 5.81. The predicted octanol–water partition coefficient (Wildman–Crippen LogP) is 2.98. The summed E-state index contributed by atoms with van der Waals surface area (Å²) in [4.78, 5) is 4.43. The summed E-state index contributed by atoms with van der Waals surface area (Å²) in [6.45, 7) is 0.436. The van der Waals surface area contributed by atoms with Crippen LogP contribution in [0.25, 0.3) is 22.4 Å². The number of benzene rings is 2. The third-order valence-electron chi connectivity index (χ3n) is 3.30. The second-order valence-electron chi connectivity index (χ2n) is 4.68. The lowest BCUT2D eigenvalue weighted by Gasteiger charge is -2.03. The highest BCUT2D eigenvalue weighted by Gasteiger charge is 2.12. The highest BCUT2D eigenvalue weighted by Crippen LogP contribution is 2.25. The SMILES string of the molecule is Cn1c(-c2cc(F)cc(F)c2)nc2ccc(CN)cc21. The smallest absolute Gasteiger partial charge is 0.141 e. The van der Waals surface area contributed by atoms with Crippen LogP contribution in [0.2, 0.25) is 0 Å². The van der Waals surface area contributed by atoms with Gasteiger partial charge in [0.25, 0.3) is 0 Å². The van der Waals surface area contributed by atoms with E-state index in [1.807, 2.05) is 29.8 Å². The lowest BCUT2D eigenvalue weighted by atomic mass is 10.2. The number of aromatic nitrogens is 2. The van der Waals surface area contributed by atoms with Gasteiger partial charge in [0.15, 0.2) is 0 Å². The summed E-state index contributed by atoms with van der Waals surface area (Å²) in [5.41, 5.74) is 8.67. The van der Waals surface area contributed by atoms with E-state index in [4.69, 9.17) is 5.73 Å². The Bertz CT molecular complexity index is 773. The number of imidazole rings is 1. The number of hydrogen-bond acceptors (Lipinski definition) is 2. The minimum absolute atomic E-state index is 0.412. The van der Waals surface area contributed by atoms with Crippen LogP contribution in [0.3, 0.4) is 0 Å². The first-order valence-electron chi connectivity index (χ1n) is 6.20. The summed E-state index contributed by atoms with van der Waals surface area (Å²) in [6.07, 6.45) is 0. The molecule has 0 aliphatic rings. The maximum absolute atomic E-state index is 13.3. The molecule has 1 heterocycles. The van der Waals surface area contributed by atoms with Crippen LogP contribution >= 0.6 is 0 Å². The second kappa shape index (κ2) is 4.68. The maximum atomic E-state index is 13.3. The third kappa shape index (κ3) is 2.06. The molecule has 0 aliphatic carbocycles. The van der Waals surface area contributed by atoms with Gasteiger partial charge in [0.2, 0.25) is 0 Å². The molecule has 0 bridgehead atoms. The standard InChI is InChI=1S/C15H13F2N3/c1-20-14-4-9(8-18)2-3-13(14)19-15(20)10-5-11(16)7-12(17)6-10/h2-7H,8,18H2,1H3. The van der Waals surface area contributed by atoms with E-state index in [1.165, 1.54) is 12.1 Å². The first-order chi connectivity index (χ1) is 9.58. The average molecular weight is 273 g/mol. The van der Waals surface area contributed by atoms with Crippen molar-refractivity contribution in [2.45, 2.75) is 6.54 Å². The van der Waals surface area contributed by atoms with Gasteiger partial charge in [0.05, 0.1) is 11.0 Å². The molecule has 2 N–H and O–H groups in total. The number of halogens is 2. The molecule has 0 saturated heterocycles. The van der Waals surface area contributed by atoms with Crippen molar-refractivity contribution in [3.05, 3.63) is 53.6 Å². The molecule has 1 aromatic heterocycles. The van der Waals surface area contributed by atoms with E-state index < -0.39 is 11.6 Å². The van der Waals surface area contributed by atoms with Gasteiger partial charge in [-0.3, -0.25) is 0 Å². The molecule has 0 fully saturated rings. The molecule has 0 spiro atoms. The van der Waals surface area contributed by atoms with Crippen LogP contribution in [0.5, 0.6) is 0 Å². The average Bonchev–Trinajstić information content (AvgIpc) is 2.74. The van der Waals surface area contributed by atoms with Crippen molar-refractivity contribution in [1.29, 1.82) is 0 Å². The van der Waals surface area contributed by atoms with Gasteiger partial charge in [-0.25, -0.2) is 13.8 Å². The minimum atomic E-state index is -0.616. The fourth-order valence-electron chi connectivity index (χ4n) is 2.30. The van der Waals surface area contributed by atoms with Crippen molar-refractivity contribution in [3.8, 4) is 11.4 Å². The molecule has 5 heteroatoms. The number of fused-ring (bicyclic) bond motifs is 1. The Kier molecular flexibility index (Phi) is 2.99. The van der Waals surface area contributed by atoms with Crippen molar-refractivity contribution < 1.29 is 8.78 Å². The molecule has 3 rings (SSSR count). The first kappa shape index (κ1) is 12.7. The quantitative estimate of drug-likeness (QED) is 0.780. The fraction of sp³-hybridized carbons (Fsp3) is 0.133. The Morgan fingerprint density at radius 2 is 1.80 bits per heavy atom. The van der Waals surface area contributed by atoms with Crippen LogP contribution in [-0.4, -0.2) is 9.55 Å². The number of nitrogens with two attached hydrogens (primary N) is 1. The zero-order chi connectivity index (χ0) is 14.3. The van der Waals surface area contributed by atoms with Crippen molar-refractivity contribution in [3.63, 3.8) is 0 Å². The zero-order valence-corrected chi connectivity index (χ0v) is 10.9. The molecule has 0 atom stereocenters. The zero-order valence-electron chi connectivity index (χ0n) is 10.9. The summed E-state index contributed by atoms with van der Waals surface area (Å²) in [7, 11) is 1.81. The van der Waals surface area contributed by atoms with Crippen molar-refractivity contribution in [1.82, 2.24) is 9.55 Å². The summed E-state index contributed by atoms with van der Waals surface area (Å²) in [5, 5.41) is 0. The first-order valence-corrected chi connectivity index (χ1v) is 6.20. The lowest BCUT2D eigenvalue weighted by molar-refractivity contribution is 0.584. The molecule has 102 valence electrons. The van der Waals surface area contributed by atoms with E-state index in [0.717, 1.165) is 22.7 Å².